The van der Waals surface area contributed by atoms with E-state index in [1.54, 1.807) is 0 Å². The summed E-state index contributed by atoms with van der Waals surface area (Å²) in [6.45, 7) is 3.19. The van der Waals surface area contributed by atoms with Gasteiger partial charge in [0.05, 0.1) is 12.5 Å². The van der Waals surface area contributed by atoms with Gasteiger partial charge in [-0.25, -0.2) is 15.0 Å². The predicted molar refractivity (Wildman–Crippen MR) is 103 cm³/mol. The largest absolute Gasteiger partial charge is 0.315 e. The van der Waals surface area contributed by atoms with Crippen molar-refractivity contribution in [2.24, 2.45) is 0 Å². The molecular weight excluding hydrogens is 308 g/mol. The number of aromatic nitrogens is 4. The highest BCUT2D eigenvalue weighted by Gasteiger charge is 2.06. The molecule has 0 spiro atoms. The highest BCUT2D eigenvalue weighted by atomic mass is 15.1. The molecule has 2 aromatic heterocycles. The predicted octanol–water partition coefficient (Wildman–Crippen LogP) is 4.97. The van der Waals surface area contributed by atoms with Crippen LogP contribution in [0.4, 0.5) is 0 Å². The Labute approximate surface area is 150 Å². The van der Waals surface area contributed by atoms with Crippen molar-refractivity contribution in [3.8, 4) is 0 Å². The third-order valence-electron chi connectivity index (χ3n) is 4.62. The molecule has 3 rings (SSSR count). The molecule has 0 bridgehead atoms. The van der Waals surface area contributed by atoms with Gasteiger partial charge in [-0.3, -0.25) is 0 Å². The molecule has 0 aliphatic heterocycles. The molecule has 2 heterocycles. The first-order valence-electron chi connectivity index (χ1n) is 9.57. The van der Waals surface area contributed by atoms with Crippen molar-refractivity contribution >= 4 is 11.2 Å². The van der Waals surface area contributed by atoms with Crippen LogP contribution in [0.15, 0.2) is 42.9 Å². The van der Waals surface area contributed by atoms with Crippen molar-refractivity contribution in [1.29, 1.82) is 0 Å². The smallest absolute Gasteiger partial charge is 0.163 e. The minimum absolute atomic E-state index is 0.907. The summed E-state index contributed by atoms with van der Waals surface area (Å²) in [5.74, 6) is 0.943. The zero-order chi connectivity index (χ0) is 17.3. The number of rotatable bonds is 10. The topological polar surface area (TPSA) is 43.6 Å². The minimum Gasteiger partial charge on any atom is -0.315 e. The van der Waals surface area contributed by atoms with E-state index >= 15 is 0 Å². The number of hydrogen-bond donors (Lipinski definition) is 0. The van der Waals surface area contributed by atoms with E-state index < -0.39 is 0 Å². The average molecular weight is 336 g/mol. The van der Waals surface area contributed by atoms with Gasteiger partial charge in [-0.05, 0) is 31.2 Å². The molecule has 0 amide bonds. The van der Waals surface area contributed by atoms with Gasteiger partial charge in [-0.1, -0.05) is 56.5 Å². The maximum Gasteiger partial charge on any atom is 0.163 e. The van der Waals surface area contributed by atoms with Crippen LogP contribution < -0.4 is 0 Å². The normalized spacial score (nSPS) is 11.2. The molecule has 4 nitrogen and oxygen atoms in total. The highest BCUT2D eigenvalue weighted by molar-refractivity contribution is 5.69. The molecule has 0 saturated heterocycles. The number of nitrogens with zero attached hydrogens (tertiary/aromatic N) is 4. The van der Waals surface area contributed by atoms with Crippen LogP contribution in [0.25, 0.3) is 11.2 Å². The fourth-order valence-corrected chi connectivity index (χ4v) is 3.12. The lowest BCUT2D eigenvalue weighted by Gasteiger charge is -2.05. The summed E-state index contributed by atoms with van der Waals surface area (Å²) in [7, 11) is 0. The van der Waals surface area contributed by atoms with E-state index in [9.17, 15) is 0 Å². The van der Waals surface area contributed by atoms with Gasteiger partial charge < -0.3 is 4.57 Å². The maximum absolute atomic E-state index is 4.72. The van der Waals surface area contributed by atoms with Crippen molar-refractivity contribution in [3.05, 3.63) is 54.2 Å². The molecule has 0 fully saturated rings. The molecule has 0 saturated carbocycles. The van der Waals surface area contributed by atoms with Gasteiger partial charge in [-0.15, -0.1) is 0 Å². The molecular formula is C21H28N4. The van der Waals surface area contributed by atoms with Crippen molar-refractivity contribution < 1.29 is 0 Å². The summed E-state index contributed by atoms with van der Waals surface area (Å²) in [6, 6.07) is 10.8. The lowest BCUT2D eigenvalue weighted by Crippen LogP contribution is -2.01. The Morgan fingerprint density at radius 1 is 0.880 bits per heavy atom. The highest BCUT2D eigenvalue weighted by Crippen LogP contribution is 2.13. The van der Waals surface area contributed by atoms with Crippen molar-refractivity contribution in [2.45, 2.75) is 64.8 Å². The van der Waals surface area contributed by atoms with Crippen LogP contribution in [0, 0.1) is 0 Å². The Morgan fingerprint density at radius 2 is 1.72 bits per heavy atom. The van der Waals surface area contributed by atoms with E-state index in [0.29, 0.717) is 0 Å². The van der Waals surface area contributed by atoms with Gasteiger partial charge in [-0.2, -0.15) is 0 Å². The van der Waals surface area contributed by atoms with E-state index in [2.05, 4.69) is 51.8 Å². The van der Waals surface area contributed by atoms with Crippen molar-refractivity contribution in [2.75, 3.05) is 0 Å². The molecule has 0 aliphatic carbocycles. The molecule has 1 aromatic carbocycles. The van der Waals surface area contributed by atoms with Crippen molar-refractivity contribution in [3.63, 3.8) is 0 Å². The van der Waals surface area contributed by atoms with E-state index in [4.69, 9.17) is 4.98 Å². The molecule has 0 N–H and O–H groups in total. The lowest BCUT2D eigenvalue weighted by atomic mass is 10.1. The quantitative estimate of drug-likeness (QED) is 0.491. The van der Waals surface area contributed by atoms with Crippen LogP contribution in [0.1, 0.15) is 56.8 Å². The standard InChI is InChI=1S/C21H28N4/c1-2-3-14-20-22-16-19-21(24-20)25(17-23-19)15-10-5-4-7-11-18-12-8-6-9-13-18/h6,8-9,12-13,16-17H,2-5,7,10-11,14-15H2,1H3. The second kappa shape index (κ2) is 9.30. The first kappa shape index (κ1) is 17.6. The number of unbranched alkanes of at least 4 members (excludes halogenated alkanes) is 4. The molecule has 4 heteroatoms. The second-order valence-corrected chi connectivity index (χ2v) is 6.69. The summed E-state index contributed by atoms with van der Waals surface area (Å²) < 4.78 is 2.18. The molecule has 0 radical (unpaired) electrons. The van der Waals surface area contributed by atoms with Crippen LogP contribution in [-0.4, -0.2) is 19.5 Å². The fourth-order valence-electron chi connectivity index (χ4n) is 3.12. The van der Waals surface area contributed by atoms with Gasteiger partial charge in [0.15, 0.2) is 5.65 Å². The summed E-state index contributed by atoms with van der Waals surface area (Å²) >= 11 is 0. The van der Waals surface area contributed by atoms with E-state index in [1.165, 1.54) is 44.1 Å². The van der Waals surface area contributed by atoms with Gasteiger partial charge in [0.2, 0.25) is 0 Å². The average Bonchev–Trinajstić information content (AvgIpc) is 3.06. The SMILES string of the molecule is CCCCc1ncc2ncn(CCCCCCc3ccccc3)c2n1. The summed E-state index contributed by atoms with van der Waals surface area (Å²) in [4.78, 5) is 13.6. The number of benzene rings is 1. The van der Waals surface area contributed by atoms with Crippen LogP contribution in [0.3, 0.4) is 0 Å². The zero-order valence-corrected chi connectivity index (χ0v) is 15.2. The third kappa shape index (κ3) is 5.12. The molecule has 0 unspecified atom stereocenters. The molecule has 0 atom stereocenters. The fraction of sp³-hybridized carbons (Fsp3) is 0.476. The number of aryl methyl sites for hydroxylation is 3. The van der Waals surface area contributed by atoms with Crippen LogP contribution in [-0.2, 0) is 19.4 Å². The first-order chi connectivity index (χ1) is 12.4. The van der Waals surface area contributed by atoms with Gasteiger partial charge in [0, 0.05) is 13.0 Å². The molecule has 3 aromatic rings. The Hall–Kier alpha value is -2.23. The molecule has 132 valence electrons. The minimum atomic E-state index is 0.907. The third-order valence-corrected chi connectivity index (χ3v) is 4.62. The zero-order valence-electron chi connectivity index (χ0n) is 15.2. The van der Waals surface area contributed by atoms with Crippen LogP contribution in [0.2, 0.25) is 0 Å². The number of fused-ring (bicyclic) bond motifs is 1. The first-order valence-corrected chi connectivity index (χ1v) is 9.57. The number of hydrogen-bond acceptors (Lipinski definition) is 3. The van der Waals surface area contributed by atoms with E-state index in [-0.39, 0.29) is 0 Å². The second-order valence-electron chi connectivity index (χ2n) is 6.69. The van der Waals surface area contributed by atoms with Crippen LogP contribution in [0.5, 0.6) is 0 Å². The van der Waals surface area contributed by atoms with E-state index in [0.717, 1.165) is 36.4 Å². The van der Waals surface area contributed by atoms with Gasteiger partial charge >= 0.3 is 0 Å². The Morgan fingerprint density at radius 3 is 2.56 bits per heavy atom. The summed E-state index contributed by atoms with van der Waals surface area (Å²) in [5, 5.41) is 0. The Bertz CT molecular complexity index is 764. The van der Waals surface area contributed by atoms with E-state index in [1.807, 2.05) is 12.5 Å². The van der Waals surface area contributed by atoms with Gasteiger partial charge in [0.25, 0.3) is 0 Å². The Kier molecular flexibility index (Phi) is 6.55. The molecule has 25 heavy (non-hydrogen) atoms. The maximum atomic E-state index is 4.72. The summed E-state index contributed by atoms with van der Waals surface area (Å²) in [6.07, 6.45) is 13.2. The Balaban J connectivity index is 1.44. The number of imidazole rings is 1. The van der Waals surface area contributed by atoms with Crippen molar-refractivity contribution in [1.82, 2.24) is 19.5 Å². The summed E-state index contributed by atoms with van der Waals surface area (Å²) in [5.41, 5.74) is 3.34. The molecule has 0 aliphatic rings. The van der Waals surface area contributed by atoms with Gasteiger partial charge in [0.1, 0.15) is 11.3 Å². The monoisotopic (exact) mass is 336 g/mol. The lowest BCUT2D eigenvalue weighted by molar-refractivity contribution is 0.577. The van der Waals surface area contributed by atoms with Crippen LogP contribution >= 0.6 is 0 Å².